The fourth-order valence-corrected chi connectivity index (χ4v) is 4.77. The van der Waals surface area contributed by atoms with Crippen molar-refractivity contribution in [2.24, 2.45) is 0 Å². The van der Waals surface area contributed by atoms with Crippen molar-refractivity contribution in [1.29, 1.82) is 0 Å². The molecule has 0 unspecified atom stereocenters. The largest absolute Gasteiger partial charge is 0.339 e. The van der Waals surface area contributed by atoms with Crippen molar-refractivity contribution in [2.45, 2.75) is 12.8 Å². The molecule has 2 aromatic rings. The van der Waals surface area contributed by atoms with E-state index in [-0.39, 0.29) is 11.8 Å². The molecule has 2 aliphatic rings. The molecule has 2 aromatic heterocycles. The topological polar surface area (TPSA) is 104 Å². The number of aromatic amines is 2. The number of thioether (sulfide) groups is 1. The van der Waals surface area contributed by atoms with Crippen molar-refractivity contribution in [3.63, 3.8) is 0 Å². The van der Waals surface area contributed by atoms with Gasteiger partial charge >= 0.3 is 0 Å². The lowest BCUT2D eigenvalue weighted by Gasteiger charge is -2.34. The molecule has 2 aliphatic heterocycles. The number of carbonyl (C=O) groups excluding carboxylic acids is 2. The van der Waals surface area contributed by atoms with Crippen LogP contribution in [0.25, 0.3) is 0 Å². The zero-order valence-electron chi connectivity index (χ0n) is 17.7. The second kappa shape index (κ2) is 10.6. The van der Waals surface area contributed by atoms with E-state index in [1.54, 1.807) is 24.2 Å². The van der Waals surface area contributed by atoms with E-state index in [0.717, 1.165) is 75.8 Å². The van der Waals surface area contributed by atoms with Gasteiger partial charge in [0.2, 0.25) is 23.7 Å². The van der Waals surface area contributed by atoms with E-state index in [1.807, 2.05) is 22.2 Å². The Morgan fingerprint density at radius 1 is 0.742 bits per heavy atom. The molecule has 2 N–H and O–H groups in total. The summed E-state index contributed by atoms with van der Waals surface area (Å²) in [6.07, 6.45) is 8.18. The van der Waals surface area contributed by atoms with Crippen LogP contribution in [0.2, 0.25) is 0 Å². The molecule has 2 saturated heterocycles. The van der Waals surface area contributed by atoms with Gasteiger partial charge in [0.25, 0.3) is 0 Å². The summed E-state index contributed by atoms with van der Waals surface area (Å²) >= 11 is 1.69. The molecule has 0 bridgehead atoms. The standard InChI is InChI=1S/C20H30N8O2S/c29-17(25-7-11-27(12-8-25)19-21-3-4-22-19)1-15-31-16-2-18(30)26-9-13-28(14-10-26)20-23-5-6-24-20/h3-6H,1-2,7-16H2,(H,21,22)(H,23,24). The Bertz CT molecular complexity index is 744. The Kier molecular flexibility index (Phi) is 7.34. The normalized spacial score (nSPS) is 17.3. The Balaban J connectivity index is 1.06. The number of imidazole rings is 2. The quantitative estimate of drug-likeness (QED) is 0.574. The molecule has 0 aromatic carbocycles. The molecule has 168 valence electrons. The predicted molar refractivity (Wildman–Crippen MR) is 121 cm³/mol. The van der Waals surface area contributed by atoms with Crippen molar-refractivity contribution in [2.75, 3.05) is 73.7 Å². The number of piperazine rings is 2. The first kappa shape index (κ1) is 21.5. The van der Waals surface area contributed by atoms with Gasteiger partial charge in [0.15, 0.2) is 0 Å². The van der Waals surface area contributed by atoms with E-state index in [4.69, 9.17) is 0 Å². The molecular formula is C20H30N8O2S. The van der Waals surface area contributed by atoms with E-state index in [9.17, 15) is 9.59 Å². The Hall–Kier alpha value is -2.69. The lowest BCUT2D eigenvalue weighted by molar-refractivity contribution is -0.131. The van der Waals surface area contributed by atoms with Gasteiger partial charge in [0.05, 0.1) is 0 Å². The van der Waals surface area contributed by atoms with Crippen LogP contribution in [0.3, 0.4) is 0 Å². The first-order chi connectivity index (χ1) is 15.2. The van der Waals surface area contributed by atoms with Gasteiger partial charge in [-0.05, 0) is 0 Å². The number of hydrogen-bond acceptors (Lipinski definition) is 7. The Morgan fingerprint density at radius 3 is 1.52 bits per heavy atom. The van der Waals surface area contributed by atoms with Crippen LogP contribution in [0.1, 0.15) is 12.8 Å². The van der Waals surface area contributed by atoms with E-state index in [0.29, 0.717) is 12.8 Å². The molecule has 0 aliphatic carbocycles. The third-order valence-electron chi connectivity index (χ3n) is 5.75. The van der Waals surface area contributed by atoms with Gasteiger partial charge in [-0.1, -0.05) is 0 Å². The summed E-state index contributed by atoms with van der Waals surface area (Å²) in [5.74, 6) is 3.66. The number of nitrogens with zero attached hydrogens (tertiary/aromatic N) is 6. The SMILES string of the molecule is O=C(CCSCCC(=O)N1CCN(c2ncc[nH]2)CC1)N1CCN(c2ncc[nH]2)CC1. The van der Waals surface area contributed by atoms with Gasteiger partial charge in [-0.2, -0.15) is 11.8 Å². The lowest BCUT2D eigenvalue weighted by Crippen LogP contribution is -2.49. The minimum absolute atomic E-state index is 0.201. The first-order valence-corrected chi connectivity index (χ1v) is 12.0. The van der Waals surface area contributed by atoms with Gasteiger partial charge in [0.1, 0.15) is 0 Å². The zero-order chi connectivity index (χ0) is 21.5. The molecule has 0 radical (unpaired) electrons. The summed E-state index contributed by atoms with van der Waals surface area (Å²) in [4.78, 5) is 47.9. The molecule has 31 heavy (non-hydrogen) atoms. The number of hydrogen-bond donors (Lipinski definition) is 2. The van der Waals surface area contributed by atoms with Gasteiger partial charge in [0, 0.05) is 101 Å². The number of H-pyrrole nitrogens is 2. The lowest BCUT2D eigenvalue weighted by atomic mass is 10.3. The van der Waals surface area contributed by atoms with Crippen LogP contribution >= 0.6 is 11.8 Å². The van der Waals surface area contributed by atoms with E-state index in [1.165, 1.54) is 0 Å². The average Bonchev–Trinajstić information content (AvgIpc) is 3.53. The molecular weight excluding hydrogens is 416 g/mol. The maximum absolute atomic E-state index is 12.4. The highest BCUT2D eigenvalue weighted by Gasteiger charge is 2.23. The van der Waals surface area contributed by atoms with Crippen molar-refractivity contribution < 1.29 is 9.59 Å². The average molecular weight is 447 g/mol. The summed E-state index contributed by atoms with van der Waals surface area (Å²) in [7, 11) is 0. The van der Waals surface area contributed by atoms with Crippen molar-refractivity contribution in [3.8, 4) is 0 Å². The van der Waals surface area contributed by atoms with Gasteiger partial charge in [-0.15, -0.1) is 0 Å². The van der Waals surface area contributed by atoms with Crippen LogP contribution in [0.4, 0.5) is 11.9 Å². The minimum Gasteiger partial charge on any atom is -0.339 e. The van der Waals surface area contributed by atoms with E-state index < -0.39 is 0 Å². The summed E-state index contributed by atoms with van der Waals surface area (Å²) in [6.45, 7) is 6.11. The molecule has 0 atom stereocenters. The molecule has 0 spiro atoms. The highest BCUT2D eigenvalue weighted by molar-refractivity contribution is 7.99. The fourth-order valence-electron chi connectivity index (χ4n) is 3.93. The summed E-state index contributed by atoms with van der Waals surface area (Å²) < 4.78 is 0. The zero-order valence-corrected chi connectivity index (χ0v) is 18.5. The monoisotopic (exact) mass is 446 g/mol. The van der Waals surface area contributed by atoms with Crippen molar-refractivity contribution in [3.05, 3.63) is 24.8 Å². The third kappa shape index (κ3) is 5.72. The Labute approximate surface area is 186 Å². The van der Waals surface area contributed by atoms with Crippen molar-refractivity contribution in [1.82, 2.24) is 29.7 Å². The second-order valence-electron chi connectivity index (χ2n) is 7.67. The molecule has 11 heteroatoms. The van der Waals surface area contributed by atoms with Crippen LogP contribution in [-0.2, 0) is 9.59 Å². The molecule has 0 saturated carbocycles. The molecule has 2 fully saturated rings. The molecule has 4 heterocycles. The maximum atomic E-state index is 12.4. The molecule has 2 amide bonds. The second-order valence-corrected chi connectivity index (χ2v) is 8.90. The smallest absolute Gasteiger partial charge is 0.223 e. The summed E-state index contributed by atoms with van der Waals surface area (Å²) in [5.41, 5.74) is 0. The predicted octanol–water partition coefficient (Wildman–Crippen LogP) is 0.644. The fraction of sp³-hybridized carbons (Fsp3) is 0.600. The summed E-state index contributed by atoms with van der Waals surface area (Å²) in [5, 5.41) is 0. The van der Waals surface area contributed by atoms with E-state index >= 15 is 0 Å². The number of amides is 2. The van der Waals surface area contributed by atoms with Crippen molar-refractivity contribution >= 4 is 35.5 Å². The van der Waals surface area contributed by atoms with Crippen LogP contribution in [0, 0.1) is 0 Å². The summed E-state index contributed by atoms with van der Waals surface area (Å²) in [6, 6.07) is 0. The molecule has 4 rings (SSSR count). The van der Waals surface area contributed by atoms with Gasteiger partial charge in [-0.25, -0.2) is 9.97 Å². The van der Waals surface area contributed by atoms with Gasteiger partial charge in [-0.3, -0.25) is 9.59 Å². The van der Waals surface area contributed by atoms with Crippen LogP contribution in [0.5, 0.6) is 0 Å². The number of carbonyl (C=O) groups is 2. The molecule has 10 nitrogen and oxygen atoms in total. The minimum atomic E-state index is 0.201. The number of aromatic nitrogens is 4. The first-order valence-electron chi connectivity index (χ1n) is 10.8. The third-order valence-corrected chi connectivity index (χ3v) is 6.74. The number of anilines is 2. The number of nitrogens with one attached hydrogen (secondary N) is 2. The van der Waals surface area contributed by atoms with Crippen LogP contribution in [0.15, 0.2) is 24.8 Å². The Morgan fingerprint density at radius 2 is 1.16 bits per heavy atom. The number of rotatable bonds is 8. The van der Waals surface area contributed by atoms with E-state index in [2.05, 4.69) is 29.7 Å². The highest BCUT2D eigenvalue weighted by atomic mass is 32.2. The highest BCUT2D eigenvalue weighted by Crippen LogP contribution is 2.14. The van der Waals surface area contributed by atoms with Gasteiger partial charge < -0.3 is 29.6 Å². The van der Waals surface area contributed by atoms with Crippen LogP contribution < -0.4 is 9.80 Å². The van der Waals surface area contributed by atoms with Crippen LogP contribution in [-0.4, -0.2) is 105 Å². The maximum Gasteiger partial charge on any atom is 0.223 e.